The van der Waals surface area contributed by atoms with Crippen LogP contribution in [-0.2, 0) is 9.47 Å². The van der Waals surface area contributed by atoms with Crippen LogP contribution in [0.15, 0.2) is 11.6 Å². The van der Waals surface area contributed by atoms with Crippen LogP contribution >= 0.6 is 22.6 Å². The van der Waals surface area contributed by atoms with Gasteiger partial charge in [-0.1, -0.05) is 41.3 Å². The Morgan fingerprint density at radius 1 is 1.29 bits per heavy atom. The van der Waals surface area contributed by atoms with E-state index in [2.05, 4.69) is 53.6 Å². The minimum absolute atomic E-state index is 0.366. The molecule has 0 aromatic heterocycles. The van der Waals surface area contributed by atoms with Gasteiger partial charge in [-0.25, -0.2) is 0 Å². The third-order valence-electron chi connectivity index (χ3n) is 4.08. The summed E-state index contributed by atoms with van der Waals surface area (Å²) in [6, 6.07) is 1.14. The lowest BCUT2D eigenvalue weighted by molar-refractivity contribution is -0.125. The molecule has 0 aromatic rings. The monoisotopic (exact) mass is 418 g/mol. The van der Waals surface area contributed by atoms with Crippen molar-refractivity contribution >= 4 is 30.7 Å². The first-order valence-corrected chi connectivity index (χ1v) is 13.0. The Morgan fingerprint density at radius 3 is 2.76 bits per heavy atom. The van der Waals surface area contributed by atoms with Crippen molar-refractivity contribution in [2.45, 2.75) is 63.5 Å². The van der Waals surface area contributed by atoms with Gasteiger partial charge in [0.25, 0.3) is 0 Å². The Hall–Kier alpha value is 0.167. The second-order valence-electron chi connectivity index (χ2n) is 6.85. The number of hydrogen-bond donors (Lipinski definition) is 0. The number of unbranched alkanes of at least 4 members (excludes halogenated alkanes) is 1. The molecule has 0 N–H and O–H groups in total. The van der Waals surface area contributed by atoms with Gasteiger partial charge >= 0.3 is 0 Å². The number of alkyl halides is 1. The Kier molecular flexibility index (Phi) is 6.79. The molecular formula is C17H27IO2Si. The summed E-state index contributed by atoms with van der Waals surface area (Å²) in [6.45, 7) is 6.32. The second-order valence-corrected chi connectivity index (χ2v) is 14.1. The highest BCUT2D eigenvalue weighted by Gasteiger charge is 2.36. The predicted octanol–water partition coefficient (Wildman–Crippen LogP) is 4.70. The lowest BCUT2D eigenvalue weighted by Gasteiger charge is -2.29. The zero-order valence-corrected chi connectivity index (χ0v) is 16.5. The fourth-order valence-electron chi connectivity index (χ4n) is 2.75. The third kappa shape index (κ3) is 5.70. The van der Waals surface area contributed by atoms with Crippen LogP contribution in [0.1, 0.15) is 38.5 Å². The van der Waals surface area contributed by atoms with Gasteiger partial charge in [-0.3, -0.25) is 0 Å². The van der Waals surface area contributed by atoms with Crippen molar-refractivity contribution in [3.8, 4) is 11.8 Å². The second kappa shape index (κ2) is 8.14. The molecule has 0 atom stereocenters. The standard InChI is InChI=1S/C17H27IO2Si/c1-21(2,15-18)13-6-4-3-5-8-16-9-7-10-17(14-16)19-11-12-20-17/h14H,3,5,7-13,15H2,1-2H3. The van der Waals surface area contributed by atoms with Crippen LogP contribution in [0.2, 0.25) is 19.1 Å². The molecule has 2 rings (SSSR count). The summed E-state index contributed by atoms with van der Waals surface area (Å²) in [5.74, 6) is 6.40. The molecule has 2 nitrogen and oxygen atoms in total. The minimum Gasteiger partial charge on any atom is -0.344 e. The summed E-state index contributed by atoms with van der Waals surface area (Å²) in [7, 11) is -1.02. The number of hydrogen-bond acceptors (Lipinski definition) is 2. The van der Waals surface area contributed by atoms with Gasteiger partial charge in [0.1, 0.15) is 0 Å². The molecular weight excluding hydrogens is 391 g/mol. The lowest BCUT2D eigenvalue weighted by atomic mass is 9.91. The normalized spacial score (nSPS) is 21.0. The van der Waals surface area contributed by atoms with E-state index in [1.54, 1.807) is 0 Å². The molecule has 0 aromatic carbocycles. The number of rotatable bonds is 5. The van der Waals surface area contributed by atoms with Crippen LogP contribution in [0, 0.1) is 11.8 Å². The summed E-state index contributed by atoms with van der Waals surface area (Å²) in [5, 5.41) is 0. The molecule has 0 unspecified atom stereocenters. The van der Waals surface area contributed by atoms with E-state index in [0.717, 1.165) is 38.5 Å². The highest BCUT2D eigenvalue weighted by molar-refractivity contribution is 14.1. The first kappa shape index (κ1) is 17.5. The largest absolute Gasteiger partial charge is 0.344 e. The van der Waals surface area contributed by atoms with E-state index in [-0.39, 0.29) is 5.79 Å². The first-order valence-electron chi connectivity index (χ1n) is 8.06. The van der Waals surface area contributed by atoms with E-state index in [0.29, 0.717) is 0 Å². The zero-order valence-electron chi connectivity index (χ0n) is 13.3. The van der Waals surface area contributed by atoms with Crippen LogP contribution in [0.3, 0.4) is 0 Å². The lowest BCUT2D eigenvalue weighted by Crippen LogP contribution is -2.30. The van der Waals surface area contributed by atoms with E-state index in [1.807, 2.05) is 0 Å². The van der Waals surface area contributed by atoms with Gasteiger partial charge in [-0.15, -0.1) is 11.8 Å². The Balaban J connectivity index is 1.71. The van der Waals surface area contributed by atoms with Crippen molar-refractivity contribution in [1.82, 2.24) is 0 Å². The number of ether oxygens (including phenoxy) is 2. The van der Waals surface area contributed by atoms with Gasteiger partial charge in [0.15, 0.2) is 5.79 Å². The van der Waals surface area contributed by atoms with Crippen molar-refractivity contribution in [2.75, 3.05) is 17.3 Å². The Labute approximate surface area is 144 Å². The average Bonchev–Trinajstić information content (AvgIpc) is 2.90. The van der Waals surface area contributed by atoms with Crippen molar-refractivity contribution in [3.63, 3.8) is 0 Å². The van der Waals surface area contributed by atoms with Crippen LogP contribution in [0.4, 0.5) is 0 Å². The molecule has 0 bridgehead atoms. The molecule has 0 saturated carbocycles. The van der Waals surface area contributed by atoms with Crippen LogP contribution in [0.5, 0.6) is 0 Å². The van der Waals surface area contributed by atoms with Gasteiger partial charge in [0.2, 0.25) is 0 Å². The maximum absolute atomic E-state index is 5.78. The first-order chi connectivity index (χ1) is 10.1. The third-order valence-corrected chi connectivity index (χ3v) is 12.1. The van der Waals surface area contributed by atoms with Crippen LogP contribution < -0.4 is 0 Å². The van der Waals surface area contributed by atoms with Gasteiger partial charge in [0.05, 0.1) is 21.3 Å². The van der Waals surface area contributed by atoms with Gasteiger partial charge in [-0.05, 0) is 35.8 Å². The summed E-state index contributed by atoms with van der Waals surface area (Å²) in [6.07, 6.45) is 9.01. The van der Waals surface area contributed by atoms with Crippen molar-refractivity contribution < 1.29 is 9.47 Å². The van der Waals surface area contributed by atoms with Gasteiger partial charge in [0, 0.05) is 18.9 Å². The number of halogens is 1. The SMILES string of the molecule is C[Si](C)(CI)CC#CCCCC1=CC2(CCC1)OCCO2. The van der Waals surface area contributed by atoms with E-state index < -0.39 is 8.07 Å². The summed E-state index contributed by atoms with van der Waals surface area (Å²) in [5.41, 5.74) is 1.51. The smallest absolute Gasteiger partial charge is 0.188 e. The highest BCUT2D eigenvalue weighted by Crippen LogP contribution is 2.35. The molecule has 1 fully saturated rings. The summed E-state index contributed by atoms with van der Waals surface area (Å²) < 4.78 is 12.9. The molecule has 1 spiro atoms. The minimum atomic E-state index is -1.02. The molecule has 0 amide bonds. The van der Waals surface area contributed by atoms with Crippen LogP contribution in [-0.4, -0.2) is 31.1 Å². The fourth-order valence-corrected chi connectivity index (χ4v) is 4.26. The maximum Gasteiger partial charge on any atom is 0.188 e. The van der Waals surface area contributed by atoms with Gasteiger partial charge in [-0.2, -0.15) is 0 Å². The maximum atomic E-state index is 5.78. The van der Waals surface area contributed by atoms with Crippen molar-refractivity contribution in [2.24, 2.45) is 0 Å². The highest BCUT2D eigenvalue weighted by atomic mass is 127. The molecule has 1 aliphatic carbocycles. The molecule has 1 heterocycles. The predicted molar refractivity (Wildman–Crippen MR) is 99.4 cm³/mol. The molecule has 21 heavy (non-hydrogen) atoms. The van der Waals surface area contributed by atoms with Crippen LogP contribution in [0.25, 0.3) is 0 Å². The summed E-state index contributed by atoms with van der Waals surface area (Å²) >= 11 is 2.51. The van der Waals surface area contributed by atoms with E-state index in [4.69, 9.17) is 9.47 Å². The molecule has 1 aliphatic heterocycles. The molecule has 0 radical (unpaired) electrons. The Morgan fingerprint density at radius 2 is 2.05 bits per heavy atom. The average molecular weight is 418 g/mol. The molecule has 2 aliphatic rings. The Bertz CT molecular complexity index is 428. The van der Waals surface area contributed by atoms with Crippen molar-refractivity contribution in [1.29, 1.82) is 0 Å². The van der Waals surface area contributed by atoms with Gasteiger partial charge < -0.3 is 9.47 Å². The quantitative estimate of drug-likeness (QED) is 0.161. The molecule has 118 valence electrons. The van der Waals surface area contributed by atoms with E-state index in [9.17, 15) is 0 Å². The van der Waals surface area contributed by atoms with Crippen molar-refractivity contribution in [3.05, 3.63) is 11.6 Å². The van der Waals surface area contributed by atoms with E-state index in [1.165, 1.54) is 28.9 Å². The zero-order chi connectivity index (χ0) is 15.2. The number of allylic oxidation sites excluding steroid dienone is 1. The topological polar surface area (TPSA) is 18.5 Å². The fraction of sp³-hybridized carbons (Fsp3) is 0.765. The molecule has 4 heteroatoms. The molecule has 1 saturated heterocycles. The summed E-state index contributed by atoms with van der Waals surface area (Å²) in [4.78, 5) is 0. The van der Waals surface area contributed by atoms with E-state index >= 15 is 0 Å².